The standard InChI is InChI=1S/2C10H14N2O6/c1-12-2-4(9(16)11-10(12)17)8-7(15)6(14)5(3-13)18-8;1-4-2-12(10(17)11-8(4)16)9-7(15)6(14)5(3-13)18-9/h2,5-8,13-15H,3H2,1H3,(H,11,16,17);2,5-7,9,13-15H,3H2,1H3,(H,11,16,17)/t5-,6-,7-,8+;5-,6-,7-,9-/m11/s1. The van der Waals surface area contributed by atoms with E-state index < -0.39 is 84.7 Å². The third-order valence-electron chi connectivity index (χ3n) is 5.92. The monoisotopic (exact) mass is 516 g/mol. The first-order valence-electron chi connectivity index (χ1n) is 10.8. The van der Waals surface area contributed by atoms with Gasteiger partial charge < -0.3 is 44.7 Å². The Hall–Kier alpha value is -2.96. The third-order valence-corrected chi connectivity index (χ3v) is 5.92. The number of nitrogens with one attached hydrogen (secondary N) is 2. The number of aliphatic hydroxyl groups is 6. The van der Waals surface area contributed by atoms with Gasteiger partial charge in [0.2, 0.25) is 0 Å². The number of hydrogen-bond acceptors (Lipinski definition) is 12. The van der Waals surface area contributed by atoms with Gasteiger partial charge in [-0.3, -0.25) is 24.1 Å². The quantitative estimate of drug-likeness (QED) is 0.190. The Balaban J connectivity index is 0.000000201. The van der Waals surface area contributed by atoms with Gasteiger partial charge in [0.15, 0.2) is 6.23 Å². The topological polar surface area (TPSA) is 250 Å². The highest BCUT2D eigenvalue weighted by atomic mass is 16.6. The summed E-state index contributed by atoms with van der Waals surface area (Å²) >= 11 is 0. The van der Waals surface area contributed by atoms with Gasteiger partial charge in [-0.2, -0.15) is 0 Å². The van der Waals surface area contributed by atoms with Crippen LogP contribution in [-0.4, -0.2) is 99.6 Å². The molecule has 8 N–H and O–H groups in total. The molecule has 16 nitrogen and oxygen atoms in total. The van der Waals surface area contributed by atoms with Crippen LogP contribution >= 0.6 is 0 Å². The van der Waals surface area contributed by atoms with Gasteiger partial charge in [0.25, 0.3) is 11.1 Å². The molecule has 36 heavy (non-hydrogen) atoms. The lowest BCUT2D eigenvalue weighted by atomic mass is 10.0. The van der Waals surface area contributed by atoms with Gasteiger partial charge in [0.05, 0.1) is 18.8 Å². The SMILES string of the molecule is Cc1cn([C@@H]2O[C@H](CO)[C@@H](O)[C@H]2O)c(=O)[nH]c1=O.Cn1cc([C@@H]2O[C@H](CO)[C@@H](O)[C@H]2O)c(=O)[nH]c1=O. The van der Waals surface area contributed by atoms with Crippen molar-refractivity contribution in [3.8, 4) is 0 Å². The van der Waals surface area contributed by atoms with Crippen LogP contribution in [0.2, 0.25) is 0 Å². The van der Waals surface area contributed by atoms with Crippen molar-refractivity contribution in [3.63, 3.8) is 0 Å². The Labute approximate surface area is 201 Å². The molecule has 0 saturated carbocycles. The molecule has 0 bridgehead atoms. The molecule has 2 saturated heterocycles. The van der Waals surface area contributed by atoms with Crippen LogP contribution in [0, 0.1) is 6.92 Å². The van der Waals surface area contributed by atoms with Crippen LogP contribution in [0.5, 0.6) is 0 Å². The van der Waals surface area contributed by atoms with Crippen molar-refractivity contribution in [3.05, 3.63) is 65.2 Å². The van der Waals surface area contributed by atoms with Crippen LogP contribution in [0.3, 0.4) is 0 Å². The van der Waals surface area contributed by atoms with Crippen molar-refractivity contribution < 1.29 is 40.1 Å². The highest BCUT2D eigenvalue weighted by molar-refractivity contribution is 5.14. The van der Waals surface area contributed by atoms with Gasteiger partial charge in [-0.1, -0.05) is 0 Å². The lowest BCUT2D eigenvalue weighted by Gasteiger charge is -2.17. The summed E-state index contributed by atoms with van der Waals surface area (Å²) in [7, 11) is 1.43. The molecule has 0 aliphatic carbocycles. The molecule has 200 valence electrons. The first-order chi connectivity index (χ1) is 16.9. The third kappa shape index (κ3) is 5.25. The highest BCUT2D eigenvalue weighted by Gasteiger charge is 2.45. The number of H-pyrrole nitrogens is 2. The van der Waals surface area contributed by atoms with Gasteiger partial charge in [-0.15, -0.1) is 0 Å². The molecule has 2 aliphatic rings. The molecule has 2 aromatic rings. The number of aryl methyl sites for hydroxylation is 2. The summed E-state index contributed by atoms with van der Waals surface area (Å²) in [6.45, 7) is 0.542. The normalized spacial score (nSPS) is 31.8. The molecule has 2 aromatic heterocycles. The van der Waals surface area contributed by atoms with Gasteiger partial charge in [-0.25, -0.2) is 9.59 Å². The summed E-state index contributed by atoms with van der Waals surface area (Å²) in [4.78, 5) is 49.8. The van der Waals surface area contributed by atoms with Crippen molar-refractivity contribution in [2.24, 2.45) is 7.05 Å². The van der Waals surface area contributed by atoms with E-state index >= 15 is 0 Å². The number of nitrogens with zero attached hydrogens (tertiary/aromatic N) is 2. The minimum Gasteiger partial charge on any atom is -0.394 e. The fourth-order valence-electron chi connectivity index (χ4n) is 3.83. The lowest BCUT2D eigenvalue weighted by molar-refractivity contribution is -0.0551. The maximum Gasteiger partial charge on any atom is 0.330 e. The summed E-state index contributed by atoms with van der Waals surface area (Å²) < 4.78 is 12.5. The van der Waals surface area contributed by atoms with Gasteiger partial charge >= 0.3 is 11.4 Å². The van der Waals surface area contributed by atoms with Crippen LogP contribution in [0.4, 0.5) is 0 Å². The first kappa shape index (κ1) is 27.6. The lowest BCUT2D eigenvalue weighted by Crippen LogP contribution is -2.38. The zero-order valence-corrected chi connectivity index (χ0v) is 19.2. The van der Waals surface area contributed by atoms with E-state index in [2.05, 4.69) is 9.97 Å². The van der Waals surface area contributed by atoms with E-state index in [1.807, 2.05) is 0 Å². The maximum absolute atomic E-state index is 11.6. The molecule has 0 spiro atoms. The van der Waals surface area contributed by atoms with Crippen LogP contribution < -0.4 is 22.5 Å². The first-order valence-corrected chi connectivity index (χ1v) is 10.8. The molecule has 0 radical (unpaired) electrons. The zero-order valence-electron chi connectivity index (χ0n) is 19.2. The van der Waals surface area contributed by atoms with Gasteiger partial charge in [-0.05, 0) is 6.92 Å². The Morgan fingerprint density at radius 1 is 0.806 bits per heavy atom. The summed E-state index contributed by atoms with van der Waals surface area (Å²) in [5.74, 6) is 0. The maximum atomic E-state index is 11.6. The molecule has 0 amide bonds. The summed E-state index contributed by atoms with van der Waals surface area (Å²) in [5.41, 5.74) is -2.25. The number of hydrogen-bond donors (Lipinski definition) is 8. The molecule has 16 heteroatoms. The molecule has 0 aromatic carbocycles. The Bertz CT molecular complexity index is 1200. The second kappa shape index (κ2) is 11.0. The van der Waals surface area contributed by atoms with Crippen molar-refractivity contribution in [1.29, 1.82) is 0 Å². The number of aliphatic hydroxyl groups excluding tert-OH is 6. The van der Waals surface area contributed by atoms with Crippen LogP contribution in [0.15, 0.2) is 31.6 Å². The van der Waals surface area contributed by atoms with Crippen molar-refractivity contribution in [2.75, 3.05) is 13.2 Å². The number of rotatable bonds is 4. The van der Waals surface area contributed by atoms with E-state index in [-0.39, 0.29) is 11.1 Å². The van der Waals surface area contributed by atoms with E-state index in [0.29, 0.717) is 0 Å². The van der Waals surface area contributed by atoms with Gasteiger partial charge in [0, 0.05) is 25.0 Å². The largest absolute Gasteiger partial charge is 0.394 e. The zero-order chi connectivity index (χ0) is 26.9. The van der Waals surface area contributed by atoms with Crippen molar-refractivity contribution in [1.82, 2.24) is 19.1 Å². The molecule has 4 heterocycles. The summed E-state index contributed by atoms with van der Waals surface area (Å²) in [5, 5.41) is 56.6. The Morgan fingerprint density at radius 2 is 1.36 bits per heavy atom. The second-order valence-corrected chi connectivity index (χ2v) is 8.42. The van der Waals surface area contributed by atoms with Crippen LogP contribution in [-0.2, 0) is 16.5 Å². The molecule has 0 unspecified atom stereocenters. The van der Waals surface area contributed by atoms with Gasteiger partial charge in [0.1, 0.15) is 42.7 Å². The number of aromatic amines is 2. The highest BCUT2D eigenvalue weighted by Crippen LogP contribution is 2.31. The fourth-order valence-corrected chi connectivity index (χ4v) is 3.83. The summed E-state index contributed by atoms with van der Waals surface area (Å²) in [6, 6.07) is 0. The van der Waals surface area contributed by atoms with Crippen molar-refractivity contribution in [2.45, 2.75) is 55.9 Å². The summed E-state index contributed by atoms with van der Waals surface area (Å²) in [6.07, 6.45) is -6.93. The van der Waals surface area contributed by atoms with Crippen LogP contribution in [0.25, 0.3) is 0 Å². The average molecular weight is 516 g/mol. The molecule has 4 rings (SSSR count). The smallest absolute Gasteiger partial charge is 0.330 e. The molecule has 2 fully saturated rings. The van der Waals surface area contributed by atoms with Crippen LogP contribution in [0.1, 0.15) is 23.5 Å². The van der Waals surface area contributed by atoms with E-state index in [1.165, 1.54) is 26.4 Å². The van der Waals surface area contributed by atoms with E-state index in [4.69, 9.17) is 19.7 Å². The van der Waals surface area contributed by atoms with E-state index in [9.17, 15) is 39.6 Å². The predicted octanol–water partition coefficient (Wildman–Crippen LogP) is -5.32. The Kier molecular flexibility index (Phi) is 8.42. The predicted molar refractivity (Wildman–Crippen MR) is 118 cm³/mol. The molecule has 2 aliphatic heterocycles. The molecular weight excluding hydrogens is 488 g/mol. The number of aromatic nitrogens is 4. The average Bonchev–Trinajstić information content (AvgIpc) is 3.29. The molecular formula is C20H28N4O12. The fraction of sp³-hybridized carbons (Fsp3) is 0.600. The Morgan fingerprint density at radius 3 is 1.92 bits per heavy atom. The van der Waals surface area contributed by atoms with E-state index in [1.54, 1.807) is 0 Å². The number of ether oxygens (including phenoxy) is 2. The molecule has 8 atom stereocenters. The van der Waals surface area contributed by atoms with E-state index in [0.717, 1.165) is 9.13 Å². The second-order valence-electron chi connectivity index (χ2n) is 8.42. The minimum atomic E-state index is -1.36. The van der Waals surface area contributed by atoms with Crippen molar-refractivity contribution >= 4 is 0 Å². The minimum absolute atomic E-state index is 0.0274.